The van der Waals surface area contributed by atoms with Gasteiger partial charge in [0.2, 0.25) is 0 Å². The third-order valence-electron chi connectivity index (χ3n) is 6.12. The van der Waals surface area contributed by atoms with Crippen LogP contribution < -0.4 is 10.0 Å². The minimum Gasteiger partial charge on any atom is -0.334 e. The van der Waals surface area contributed by atoms with Crippen LogP contribution in [0.15, 0.2) is 71.6 Å². The van der Waals surface area contributed by atoms with Gasteiger partial charge in [0.25, 0.3) is 15.9 Å². The van der Waals surface area contributed by atoms with Crippen LogP contribution in [0.1, 0.15) is 43.0 Å². The number of fused-ring (bicyclic) bond motifs is 1. The molecule has 6 nitrogen and oxygen atoms in total. The quantitative estimate of drug-likeness (QED) is 0.533. The van der Waals surface area contributed by atoms with Crippen molar-refractivity contribution in [1.82, 2.24) is 10.2 Å². The van der Waals surface area contributed by atoms with E-state index in [1.54, 1.807) is 42.5 Å². The van der Waals surface area contributed by atoms with Crippen LogP contribution >= 0.6 is 0 Å². The van der Waals surface area contributed by atoms with Gasteiger partial charge in [-0.1, -0.05) is 56.2 Å². The molecular weight excluding hydrogens is 434 g/mol. The van der Waals surface area contributed by atoms with E-state index in [2.05, 4.69) is 17.0 Å². The second-order valence-corrected chi connectivity index (χ2v) is 10.2. The first kappa shape index (κ1) is 23.3. The van der Waals surface area contributed by atoms with Crippen molar-refractivity contribution >= 4 is 32.4 Å². The molecule has 1 atom stereocenters. The second-order valence-electron chi connectivity index (χ2n) is 8.55. The summed E-state index contributed by atoms with van der Waals surface area (Å²) >= 11 is 0. The van der Waals surface area contributed by atoms with Crippen molar-refractivity contribution < 1.29 is 13.2 Å². The number of benzene rings is 3. The number of amides is 1. The Morgan fingerprint density at radius 2 is 1.88 bits per heavy atom. The molecule has 1 unspecified atom stereocenters. The monoisotopic (exact) mass is 465 g/mol. The van der Waals surface area contributed by atoms with Crippen LogP contribution in [0, 0.1) is 0 Å². The Balaban J connectivity index is 1.55. The average molecular weight is 466 g/mol. The van der Waals surface area contributed by atoms with Crippen LogP contribution in [0.5, 0.6) is 0 Å². The molecule has 3 aromatic carbocycles. The molecule has 1 fully saturated rings. The van der Waals surface area contributed by atoms with Crippen LogP contribution in [0.2, 0.25) is 0 Å². The van der Waals surface area contributed by atoms with Gasteiger partial charge in [-0.05, 0) is 60.5 Å². The number of hydrogen-bond donors (Lipinski definition) is 2. The number of unbranched alkanes of at least 4 members (excludes halogenated alkanes) is 1. The van der Waals surface area contributed by atoms with E-state index in [4.69, 9.17) is 0 Å². The second kappa shape index (κ2) is 10.4. The molecular formula is C26H31N3O3S. The molecule has 174 valence electrons. The smallest absolute Gasteiger partial charge is 0.261 e. The zero-order valence-corrected chi connectivity index (χ0v) is 19.8. The summed E-state index contributed by atoms with van der Waals surface area (Å²) in [5.41, 5.74) is 0.879. The van der Waals surface area contributed by atoms with Crippen LogP contribution in [0.4, 0.5) is 5.69 Å². The van der Waals surface area contributed by atoms with Crippen LogP contribution in [0.25, 0.3) is 10.8 Å². The van der Waals surface area contributed by atoms with E-state index >= 15 is 0 Å². The normalized spacial score (nSPS) is 17.0. The van der Waals surface area contributed by atoms with Crippen LogP contribution in [-0.4, -0.2) is 44.9 Å². The van der Waals surface area contributed by atoms with Crippen molar-refractivity contribution in [2.45, 2.75) is 43.5 Å². The standard InChI is InChI=1S/C26H31N3O3S/c1-2-3-12-24-19-27-15-7-16-29(24)26(30)22-10-6-11-23(17-22)28-33(31,32)25-14-13-20-8-4-5-9-21(20)18-25/h4-6,8-11,13-14,17-18,24,27-28H,2-3,7,12,15-16,19H2,1H3. The molecule has 0 aliphatic carbocycles. The molecule has 7 heteroatoms. The van der Waals surface area contributed by atoms with Crippen molar-refractivity contribution in [2.75, 3.05) is 24.4 Å². The van der Waals surface area contributed by atoms with Crippen LogP contribution in [-0.2, 0) is 10.0 Å². The third kappa shape index (κ3) is 5.54. The first-order chi connectivity index (χ1) is 16.0. The molecule has 0 radical (unpaired) electrons. The molecule has 0 saturated carbocycles. The van der Waals surface area contributed by atoms with Crippen LogP contribution in [0.3, 0.4) is 0 Å². The maximum Gasteiger partial charge on any atom is 0.261 e. The third-order valence-corrected chi connectivity index (χ3v) is 7.50. The Kier molecular flexibility index (Phi) is 7.30. The van der Waals surface area contributed by atoms with Crippen molar-refractivity contribution in [3.05, 3.63) is 72.3 Å². The van der Waals surface area contributed by atoms with E-state index in [1.807, 2.05) is 29.2 Å². The molecule has 1 aliphatic rings. The van der Waals surface area contributed by atoms with E-state index in [0.717, 1.165) is 49.5 Å². The topological polar surface area (TPSA) is 78.5 Å². The first-order valence-electron chi connectivity index (χ1n) is 11.6. The predicted molar refractivity (Wildman–Crippen MR) is 133 cm³/mol. The van der Waals surface area contributed by atoms with E-state index in [-0.39, 0.29) is 16.8 Å². The fourth-order valence-electron chi connectivity index (χ4n) is 4.33. The number of carbonyl (C=O) groups is 1. The van der Waals surface area contributed by atoms with Crippen molar-refractivity contribution in [1.29, 1.82) is 0 Å². The van der Waals surface area contributed by atoms with Crippen molar-refractivity contribution in [3.63, 3.8) is 0 Å². The minimum absolute atomic E-state index is 0.0495. The highest BCUT2D eigenvalue weighted by atomic mass is 32.2. The number of nitrogens with zero attached hydrogens (tertiary/aromatic N) is 1. The summed E-state index contributed by atoms with van der Waals surface area (Å²) in [5, 5.41) is 5.27. The van der Waals surface area contributed by atoms with Gasteiger partial charge >= 0.3 is 0 Å². The maximum absolute atomic E-state index is 13.4. The van der Waals surface area contributed by atoms with Gasteiger partial charge in [-0.15, -0.1) is 0 Å². The number of anilines is 1. The Morgan fingerprint density at radius 1 is 1.06 bits per heavy atom. The lowest BCUT2D eigenvalue weighted by Gasteiger charge is -2.30. The van der Waals surface area contributed by atoms with E-state index in [0.29, 0.717) is 17.8 Å². The molecule has 1 saturated heterocycles. The average Bonchev–Trinajstić information content (AvgIpc) is 3.07. The lowest BCUT2D eigenvalue weighted by Crippen LogP contribution is -2.43. The molecule has 0 bridgehead atoms. The van der Waals surface area contributed by atoms with Gasteiger partial charge in [-0.3, -0.25) is 9.52 Å². The highest BCUT2D eigenvalue weighted by molar-refractivity contribution is 7.92. The van der Waals surface area contributed by atoms with Gasteiger partial charge in [0.15, 0.2) is 0 Å². The zero-order chi connectivity index (χ0) is 23.3. The Labute approximate surface area is 196 Å². The minimum atomic E-state index is -3.79. The summed E-state index contributed by atoms with van der Waals surface area (Å²) in [6, 6.07) is 19.6. The SMILES string of the molecule is CCCCC1CNCCCN1C(=O)c1cccc(NS(=O)(=O)c2ccc3ccccc3c2)c1. The van der Waals surface area contributed by atoms with Crippen molar-refractivity contribution in [2.24, 2.45) is 0 Å². The molecule has 33 heavy (non-hydrogen) atoms. The molecule has 4 rings (SSSR count). The lowest BCUT2D eigenvalue weighted by atomic mass is 10.1. The summed E-state index contributed by atoms with van der Waals surface area (Å²) < 4.78 is 28.7. The fourth-order valence-corrected chi connectivity index (χ4v) is 5.42. The summed E-state index contributed by atoms with van der Waals surface area (Å²) in [7, 11) is -3.79. The molecule has 2 N–H and O–H groups in total. The summed E-state index contributed by atoms with van der Waals surface area (Å²) in [6.07, 6.45) is 4.03. The van der Waals surface area contributed by atoms with Gasteiger partial charge < -0.3 is 10.2 Å². The number of nitrogens with one attached hydrogen (secondary N) is 2. The zero-order valence-electron chi connectivity index (χ0n) is 19.0. The highest BCUT2D eigenvalue weighted by Crippen LogP contribution is 2.23. The summed E-state index contributed by atoms with van der Waals surface area (Å²) in [5.74, 6) is -0.0495. The predicted octanol–water partition coefficient (Wildman–Crippen LogP) is 4.63. The molecule has 0 aromatic heterocycles. The highest BCUT2D eigenvalue weighted by Gasteiger charge is 2.26. The van der Waals surface area contributed by atoms with E-state index in [1.165, 1.54) is 0 Å². The molecule has 1 heterocycles. The lowest BCUT2D eigenvalue weighted by molar-refractivity contribution is 0.0682. The largest absolute Gasteiger partial charge is 0.334 e. The first-order valence-corrected chi connectivity index (χ1v) is 13.1. The van der Waals surface area contributed by atoms with Gasteiger partial charge in [0.05, 0.1) is 4.90 Å². The van der Waals surface area contributed by atoms with Crippen molar-refractivity contribution in [3.8, 4) is 0 Å². The molecule has 1 aliphatic heterocycles. The fraction of sp³-hybridized carbons (Fsp3) is 0.346. The number of sulfonamides is 1. The summed E-state index contributed by atoms with van der Waals surface area (Å²) in [4.78, 5) is 15.5. The molecule has 0 spiro atoms. The Hall–Kier alpha value is -2.90. The van der Waals surface area contributed by atoms with Gasteiger partial charge in [0.1, 0.15) is 0 Å². The van der Waals surface area contributed by atoms with Gasteiger partial charge in [-0.2, -0.15) is 0 Å². The van der Waals surface area contributed by atoms with Gasteiger partial charge in [0, 0.05) is 30.4 Å². The summed E-state index contributed by atoms with van der Waals surface area (Å²) in [6.45, 7) is 4.55. The number of carbonyl (C=O) groups excluding carboxylic acids is 1. The van der Waals surface area contributed by atoms with E-state index < -0.39 is 10.0 Å². The molecule has 1 amide bonds. The Morgan fingerprint density at radius 3 is 2.70 bits per heavy atom. The van der Waals surface area contributed by atoms with E-state index in [9.17, 15) is 13.2 Å². The number of rotatable bonds is 7. The maximum atomic E-state index is 13.4. The number of hydrogen-bond acceptors (Lipinski definition) is 4. The van der Waals surface area contributed by atoms with Gasteiger partial charge in [-0.25, -0.2) is 8.42 Å². The Bertz CT molecular complexity index is 1230. The molecule has 3 aromatic rings.